The molecule has 20 heavy (non-hydrogen) atoms. The molecule has 0 aromatic heterocycles. The Kier molecular flexibility index (Phi) is 5.29. The van der Waals surface area contributed by atoms with Gasteiger partial charge >= 0.3 is 0 Å². The molecule has 0 radical (unpaired) electrons. The number of nitrogens with one attached hydrogen (secondary N) is 1. The van der Waals surface area contributed by atoms with Gasteiger partial charge in [0, 0.05) is 22.3 Å². The molecule has 1 atom stereocenters. The first-order valence-corrected chi connectivity index (χ1v) is 7.37. The van der Waals surface area contributed by atoms with Crippen molar-refractivity contribution in [1.29, 1.82) is 0 Å². The Hall–Kier alpha value is -1.23. The molecule has 0 saturated carbocycles. The van der Waals surface area contributed by atoms with E-state index >= 15 is 0 Å². The van der Waals surface area contributed by atoms with Crippen LogP contribution in [0.5, 0.6) is 5.75 Å². The number of rotatable bonds is 5. The van der Waals surface area contributed by atoms with Crippen LogP contribution < -0.4 is 15.8 Å². The summed E-state index contributed by atoms with van der Waals surface area (Å²) in [7, 11) is 1.66. The molecule has 2 rings (SSSR count). The number of hydrogen-bond donors (Lipinski definition) is 2. The molecule has 2 aromatic carbocycles. The molecule has 0 spiro atoms. The van der Waals surface area contributed by atoms with Crippen LogP contribution in [-0.4, -0.2) is 13.7 Å². The largest absolute Gasteiger partial charge is 0.496 e. The van der Waals surface area contributed by atoms with Gasteiger partial charge in [0.2, 0.25) is 0 Å². The number of benzene rings is 2. The van der Waals surface area contributed by atoms with E-state index in [-0.39, 0.29) is 6.04 Å². The van der Waals surface area contributed by atoms with Gasteiger partial charge in [-0.25, -0.2) is 0 Å². The lowest BCUT2D eigenvalue weighted by atomic mass is 10.1. The molecule has 0 aliphatic carbocycles. The molecule has 2 aromatic rings. The summed E-state index contributed by atoms with van der Waals surface area (Å²) in [6.45, 7) is 0.459. The number of para-hydroxylation sites is 1. The number of anilines is 1. The number of methoxy groups -OCH3 is 1. The van der Waals surface area contributed by atoms with Crippen LogP contribution in [0.4, 0.5) is 5.69 Å². The quantitative estimate of drug-likeness (QED) is 0.844. The van der Waals surface area contributed by atoms with Crippen molar-refractivity contribution < 1.29 is 4.74 Å². The van der Waals surface area contributed by atoms with Gasteiger partial charge in [-0.15, -0.1) is 0 Å². The molecule has 106 valence electrons. The maximum Gasteiger partial charge on any atom is 0.124 e. The van der Waals surface area contributed by atoms with Gasteiger partial charge in [-0.1, -0.05) is 29.8 Å². The topological polar surface area (TPSA) is 47.3 Å². The van der Waals surface area contributed by atoms with Crippen LogP contribution in [-0.2, 0) is 0 Å². The number of halogens is 2. The van der Waals surface area contributed by atoms with Gasteiger partial charge in [0.25, 0.3) is 0 Å². The summed E-state index contributed by atoms with van der Waals surface area (Å²) in [6.07, 6.45) is 0. The summed E-state index contributed by atoms with van der Waals surface area (Å²) in [5.41, 5.74) is 7.87. The molecule has 0 heterocycles. The van der Waals surface area contributed by atoms with Gasteiger partial charge in [-0.05, 0) is 40.2 Å². The highest BCUT2D eigenvalue weighted by molar-refractivity contribution is 9.10. The summed E-state index contributed by atoms with van der Waals surface area (Å²) in [4.78, 5) is 0. The smallest absolute Gasteiger partial charge is 0.124 e. The van der Waals surface area contributed by atoms with Crippen LogP contribution in [0.15, 0.2) is 46.9 Å². The van der Waals surface area contributed by atoms with Gasteiger partial charge < -0.3 is 15.8 Å². The Labute approximate surface area is 132 Å². The van der Waals surface area contributed by atoms with Crippen LogP contribution in [0.1, 0.15) is 11.6 Å². The maximum absolute atomic E-state index is 6.00. The van der Waals surface area contributed by atoms with Crippen LogP contribution >= 0.6 is 27.5 Å². The van der Waals surface area contributed by atoms with Crippen molar-refractivity contribution in [3.05, 3.63) is 57.5 Å². The zero-order valence-corrected chi connectivity index (χ0v) is 13.4. The van der Waals surface area contributed by atoms with Gasteiger partial charge in [0.05, 0.1) is 18.2 Å². The molecule has 3 N–H and O–H groups in total. The zero-order valence-electron chi connectivity index (χ0n) is 11.1. The van der Waals surface area contributed by atoms with Crippen molar-refractivity contribution in [2.45, 2.75) is 6.04 Å². The van der Waals surface area contributed by atoms with Crippen molar-refractivity contribution in [1.82, 2.24) is 0 Å². The number of nitrogens with two attached hydrogens (primary N) is 1. The van der Waals surface area contributed by atoms with Crippen LogP contribution in [0.3, 0.4) is 0 Å². The molecular weight excluding hydrogens is 340 g/mol. The normalized spacial score (nSPS) is 12.0. The molecular formula is C15H16BrClN2O. The molecule has 0 fully saturated rings. The third-order valence-corrected chi connectivity index (χ3v) is 4.22. The molecule has 0 saturated heterocycles. The first-order valence-electron chi connectivity index (χ1n) is 6.20. The summed E-state index contributed by atoms with van der Waals surface area (Å²) in [6, 6.07) is 13.5. The van der Waals surface area contributed by atoms with Crippen molar-refractivity contribution in [2.24, 2.45) is 5.73 Å². The molecule has 0 bridgehead atoms. The lowest BCUT2D eigenvalue weighted by molar-refractivity contribution is 0.407. The van der Waals surface area contributed by atoms with Crippen LogP contribution in [0.25, 0.3) is 0 Å². The van der Waals surface area contributed by atoms with E-state index in [1.165, 1.54) is 0 Å². The Morgan fingerprint density at radius 1 is 1.30 bits per heavy atom. The standard InChI is InChI=1S/C15H16BrClN2O/c1-20-15-5-3-2-4-11(15)14(9-18)19-10-6-7-13(17)12(16)8-10/h2-8,14,19H,9,18H2,1H3. The van der Waals surface area contributed by atoms with E-state index in [0.29, 0.717) is 11.6 Å². The average Bonchev–Trinajstić information content (AvgIpc) is 2.48. The third kappa shape index (κ3) is 3.45. The monoisotopic (exact) mass is 354 g/mol. The van der Waals surface area contributed by atoms with E-state index < -0.39 is 0 Å². The van der Waals surface area contributed by atoms with E-state index in [0.717, 1.165) is 21.5 Å². The van der Waals surface area contributed by atoms with E-state index in [2.05, 4.69) is 21.2 Å². The van der Waals surface area contributed by atoms with E-state index in [9.17, 15) is 0 Å². The Bertz CT molecular complexity index is 592. The highest BCUT2D eigenvalue weighted by Gasteiger charge is 2.14. The minimum Gasteiger partial charge on any atom is -0.496 e. The first kappa shape index (κ1) is 15.2. The highest BCUT2D eigenvalue weighted by Crippen LogP contribution is 2.30. The summed E-state index contributed by atoms with van der Waals surface area (Å²) < 4.78 is 6.23. The lowest BCUT2D eigenvalue weighted by Crippen LogP contribution is -2.21. The average molecular weight is 356 g/mol. The van der Waals surface area contributed by atoms with E-state index in [1.807, 2.05) is 42.5 Å². The van der Waals surface area contributed by atoms with Crippen molar-refractivity contribution in [2.75, 3.05) is 19.0 Å². The number of hydrogen-bond acceptors (Lipinski definition) is 3. The van der Waals surface area contributed by atoms with Gasteiger partial charge in [-0.3, -0.25) is 0 Å². The summed E-state index contributed by atoms with van der Waals surface area (Å²) in [5, 5.41) is 4.07. The minimum absolute atomic E-state index is 0.0285. The lowest BCUT2D eigenvalue weighted by Gasteiger charge is -2.21. The third-order valence-electron chi connectivity index (χ3n) is 3.01. The second kappa shape index (κ2) is 6.97. The molecule has 0 aliphatic rings. The summed E-state index contributed by atoms with van der Waals surface area (Å²) >= 11 is 9.41. The second-order valence-electron chi connectivity index (χ2n) is 4.30. The molecule has 0 aliphatic heterocycles. The fourth-order valence-corrected chi connectivity index (χ4v) is 2.50. The molecule has 1 unspecified atom stereocenters. The first-order chi connectivity index (χ1) is 9.65. The number of ether oxygens (including phenoxy) is 1. The zero-order chi connectivity index (χ0) is 14.5. The maximum atomic E-state index is 6.00. The SMILES string of the molecule is COc1ccccc1C(CN)Nc1ccc(Cl)c(Br)c1. The highest BCUT2D eigenvalue weighted by atomic mass is 79.9. The molecule has 0 amide bonds. The van der Waals surface area contributed by atoms with Gasteiger partial charge in [-0.2, -0.15) is 0 Å². The fourth-order valence-electron chi connectivity index (χ4n) is 2.01. The van der Waals surface area contributed by atoms with E-state index in [4.69, 9.17) is 22.1 Å². The fraction of sp³-hybridized carbons (Fsp3) is 0.200. The minimum atomic E-state index is -0.0285. The van der Waals surface area contributed by atoms with Crippen LogP contribution in [0.2, 0.25) is 5.02 Å². The Morgan fingerprint density at radius 3 is 2.70 bits per heavy atom. The second-order valence-corrected chi connectivity index (χ2v) is 5.57. The van der Waals surface area contributed by atoms with Crippen molar-refractivity contribution >= 4 is 33.2 Å². The van der Waals surface area contributed by atoms with Crippen LogP contribution in [0, 0.1) is 0 Å². The molecule has 3 nitrogen and oxygen atoms in total. The van der Waals surface area contributed by atoms with Gasteiger partial charge in [0.15, 0.2) is 0 Å². The predicted molar refractivity (Wildman–Crippen MR) is 87.6 cm³/mol. The molecule has 5 heteroatoms. The van der Waals surface area contributed by atoms with Crippen molar-refractivity contribution in [3.8, 4) is 5.75 Å². The predicted octanol–water partition coefficient (Wildman–Crippen LogP) is 4.22. The van der Waals surface area contributed by atoms with E-state index in [1.54, 1.807) is 7.11 Å². The van der Waals surface area contributed by atoms with Gasteiger partial charge in [0.1, 0.15) is 5.75 Å². The van der Waals surface area contributed by atoms with Crippen molar-refractivity contribution in [3.63, 3.8) is 0 Å². The summed E-state index contributed by atoms with van der Waals surface area (Å²) in [5.74, 6) is 0.823. The Balaban J connectivity index is 2.26. The Morgan fingerprint density at radius 2 is 2.05 bits per heavy atom.